The quantitative estimate of drug-likeness (QED) is 0.284. The lowest BCUT2D eigenvalue weighted by Crippen LogP contribution is -2.83. The maximum atomic E-state index is 7.30. The Balaban J connectivity index is 1.86. The summed E-state index contributed by atoms with van der Waals surface area (Å²) in [6.07, 6.45) is 12.6. The predicted molar refractivity (Wildman–Crippen MR) is 155 cm³/mol. The number of hydrogen-bond donors (Lipinski definition) is 1. The third-order valence-corrected chi connectivity index (χ3v) is 9.73. The van der Waals surface area contributed by atoms with Crippen LogP contribution in [0.5, 0.6) is 0 Å². The van der Waals surface area contributed by atoms with Crippen molar-refractivity contribution in [1.82, 2.24) is 29.9 Å². The molecule has 2 unspecified atom stereocenters. The molecule has 38 heavy (non-hydrogen) atoms. The molecule has 0 aromatic rings. The first-order valence-electron chi connectivity index (χ1n) is 16.2. The number of hydrogen-bond acceptors (Lipinski definition) is 8. The molecule has 0 aliphatic carbocycles. The molecule has 0 saturated carbocycles. The van der Waals surface area contributed by atoms with Gasteiger partial charge < -0.3 is 10.5 Å². The van der Waals surface area contributed by atoms with Gasteiger partial charge in [-0.2, -0.15) is 0 Å². The van der Waals surface area contributed by atoms with Crippen LogP contribution in [-0.2, 0) is 4.74 Å². The van der Waals surface area contributed by atoms with E-state index >= 15 is 0 Å². The zero-order valence-corrected chi connectivity index (χ0v) is 25.5. The second kappa shape index (κ2) is 14.5. The summed E-state index contributed by atoms with van der Waals surface area (Å²) in [5, 5.41) is 14.0. The molecule has 2 N–H and O–H groups in total. The zero-order chi connectivity index (χ0) is 27.0. The Hall–Kier alpha value is -0.360. The van der Waals surface area contributed by atoms with Gasteiger partial charge in [-0.15, -0.1) is 5.01 Å². The van der Waals surface area contributed by atoms with E-state index in [-0.39, 0.29) is 12.0 Å². The molecule has 4 saturated heterocycles. The summed E-state index contributed by atoms with van der Waals surface area (Å²) in [7, 11) is 2.53. The molecule has 0 aromatic carbocycles. The topological polar surface area (TPSA) is 54.7 Å². The minimum absolute atomic E-state index is 0.00913. The maximum Gasteiger partial charge on any atom is 0.204 e. The van der Waals surface area contributed by atoms with Gasteiger partial charge in [0.25, 0.3) is 0 Å². The first-order valence-corrected chi connectivity index (χ1v) is 16.2. The third kappa shape index (κ3) is 6.58. The van der Waals surface area contributed by atoms with Crippen molar-refractivity contribution in [1.29, 1.82) is 0 Å². The van der Waals surface area contributed by atoms with Crippen LogP contribution in [0, 0.1) is 0 Å². The van der Waals surface area contributed by atoms with E-state index in [1.807, 2.05) is 0 Å². The van der Waals surface area contributed by atoms with Gasteiger partial charge in [-0.3, -0.25) is 4.90 Å². The molecule has 0 spiro atoms. The molecule has 4 heterocycles. The summed E-state index contributed by atoms with van der Waals surface area (Å²) in [6, 6.07) is 0. The van der Waals surface area contributed by atoms with Crippen LogP contribution in [0.3, 0.4) is 0 Å². The van der Waals surface area contributed by atoms with E-state index in [1.165, 1.54) is 64.5 Å². The normalized spacial score (nSPS) is 26.8. The summed E-state index contributed by atoms with van der Waals surface area (Å²) < 4.78 is 6.77. The minimum Gasteiger partial charge on any atom is -0.379 e. The molecule has 4 aliphatic heterocycles. The number of nitrogens with zero attached hydrogens (tertiary/aromatic N) is 7. The SMILES string of the molecule is CCCN(C(CC(N)N1CCOCC1)(N(CC)N1CCCCC1)N(CC)N1CCCC1)[N+]1(C)CCCCC1. The van der Waals surface area contributed by atoms with Crippen molar-refractivity contribution < 1.29 is 9.33 Å². The minimum atomic E-state index is -0.314. The maximum absolute atomic E-state index is 7.30. The Morgan fingerprint density at radius 1 is 0.763 bits per heavy atom. The number of piperidine rings is 2. The summed E-state index contributed by atoms with van der Waals surface area (Å²) in [5.41, 5.74) is 7.30. The molecule has 2 atom stereocenters. The Morgan fingerprint density at radius 3 is 1.76 bits per heavy atom. The van der Waals surface area contributed by atoms with E-state index in [0.29, 0.717) is 0 Å². The fourth-order valence-corrected chi connectivity index (χ4v) is 7.91. The average molecular weight is 538 g/mol. The van der Waals surface area contributed by atoms with Gasteiger partial charge in [-0.05, 0) is 51.4 Å². The van der Waals surface area contributed by atoms with E-state index < -0.39 is 0 Å². The molecule has 0 radical (unpaired) electrons. The van der Waals surface area contributed by atoms with Crippen LogP contribution in [0.2, 0.25) is 0 Å². The van der Waals surface area contributed by atoms with E-state index in [1.54, 1.807) is 0 Å². The Bertz CT molecular complexity index is 673. The van der Waals surface area contributed by atoms with Crippen LogP contribution in [0.25, 0.3) is 0 Å². The molecule has 4 rings (SSSR count). The second-order valence-electron chi connectivity index (χ2n) is 12.3. The van der Waals surface area contributed by atoms with Crippen LogP contribution in [0.1, 0.15) is 85.0 Å². The van der Waals surface area contributed by atoms with Crippen molar-refractivity contribution in [3.63, 3.8) is 0 Å². The monoisotopic (exact) mass is 537 g/mol. The zero-order valence-electron chi connectivity index (χ0n) is 25.5. The summed E-state index contributed by atoms with van der Waals surface area (Å²) in [4.78, 5) is 2.50. The van der Waals surface area contributed by atoms with Crippen molar-refractivity contribution in [2.45, 2.75) is 96.9 Å². The van der Waals surface area contributed by atoms with Gasteiger partial charge in [0, 0.05) is 58.8 Å². The number of morpholine rings is 1. The molecule has 222 valence electrons. The molecule has 4 aliphatic rings. The Labute approximate surface area is 234 Å². The van der Waals surface area contributed by atoms with Gasteiger partial charge in [-0.1, -0.05) is 27.2 Å². The van der Waals surface area contributed by atoms with E-state index in [0.717, 1.165) is 89.6 Å². The first kappa shape index (κ1) is 30.6. The van der Waals surface area contributed by atoms with Crippen LogP contribution in [0.4, 0.5) is 0 Å². The lowest BCUT2D eigenvalue weighted by molar-refractivity contribution is -1.04. The highest BCUT2D eigenvalue weighted by molar-refractivity contribution is 4.92. The summed E-state index contributed by atoms with van der Waals surface area (Å²) in [5.74, 6) is -0.314. The molecule has 0 aromatic heterocycles. The van der Waals surface area contributed by atoms with Gasteiger partial charge in [0.15, 0.2) is 0 Å². The Morgan fingerprint density at radius 2 is 1.26 bits per heavy atom. The smallest absolute Gasteiger partial charge is 0.204 e. The number of ether oxygens (including phenoxy) is 1. The lowest BCUT2D eigenvalue weighted by atomic mass is 10.0. The van der Waals surface area contributed by atoms with Gasteiger partial charge >= 0.3 is 0 Å². The highest BCUT2D eigenvalue weighted by Gasteiger charge is 2.58. The van der Waals surface area contributed by atoms with Gasteiger partial charge in [0.2, 0.25) is 5.79 Å². The average Bonchev–Trinajstić information content (AvgIpc) is 3.48. The van der Waals surface area contributed by atoms with Gasteiger partial charge in [-0.25, -0.2) is 24.6 Å². The largest absolute Gasteiger partial charge is 0.379 e. The summed E-state index contributed by atoms with van der Waals surface area (Å²) >= 11 is 0. The number of hydrazine groups is 2. The van der Waals surface area contributed by atoms with Gasteiger partial charge in [0.05, 0.1) is 46.1 Å². The van der Waals surface area contributed by atoms with Crippen LogP contribution in [-0.4, -0.2) is 139 Å². The Kier molecular flexibility index (Phi) is 11.7. The highest BCUT2D eigenvalue weighted by atomic mass is 16.5. The van der Waals surface area contributed by atoms with Crippen molar-refractivity contribution in [2.75, 3.05) is 92.3 Å². The molecule has 9 heteroatoms. The number of quaternary nitrogens is 1. The van der Waals surface area contributed by atoms with E-state index in [4.69, 9.17) is 10.5 Å². The molecule has 0 amide bonds. The van der Waals surface area contributed by atoms with E-state index in [9.17, 15) is 0 Å². The standard InChI is InChI=1S/C29H61N8O/c1-5-16-36(37(4)23-14-9-15-24-37)29(35(7-3)33-19-12-13-20-33,27-28(30)31-21-25-38-26-22-31)34(6-2)32-17-10-8-11-18-32/h28H,5-27,30H2,1-4H3/q+1. The fraction of sp³-hybridized carbons (Fsp3) is 1.00. The van der Waals surface area contributed by atoms with Crippen molar-refractivity contribution in [3.05, 3.63) is 0 Å². The van der Waals surface area contributed by atoms with Gasteiger partial charge in [0.1, 0.15) is 0 Å². The van der Waals surface area contributed by atoms with Crippen LogP contribution >= 0.6 is 0 Å². The third-order valence-electron chi connectivity index (χ3n) is 9.73. The molecule has 0 bridgehead atoms. The van der Waals surface area contributed by atoms with Crippen LogP contribution < -0.4 is 5.73 Å². The fourth-order valence-electron chi connectivity index (χ4n) is 7.91. The number of likely N-dealkylation sites (tertiary alicyclic amines) is 1. The second-order valence-corrected chi connectivity index (χ2v) is 12.3. The lowest BCUT2D eigenvalue weighted by Gasteiger charge is -2.64. The molecular formula is C29H61N8O+. The molecular weight excluding hydrogens is 476 g/mol. The number of nitrogens with two attached hydrogens (primary N) is 1. The van der Waals surface area contributed by atoms with Crippen molar-refractivity contribution >= 4 is 0 Å². The predicted octanol–water partition coefficient (Wildman–Crippen LogP) is 2.96. The first-order chi connectivity index (χ1) is 18.5. The highest BCUT2D eigenvalue weighted by Crippen LogP contribution is 2.40. The van der Waals surface area contributed by atoms with Crippen molar-refractivity contribution in [3.8, 4) is 0 Å². The van der Waals surface area contributed by atoms with E-state index in [2.05, 4.69) is 57.8 Å². The molecule has 9 nitrogen and oxygen atoms in total. The van der Waals surface area contributed by atoms with Crippen molar-refractivity contribution in [2.24, 2.45) is 5.73 Å². The number of rotatable bonds is 13. The molecule has 4 fully saturated rings. The van der Waals surface area contributed by atoms with Crippen LogP contribution in [0.15, 0.2) is 0 Å². The summed E-state index contributed by atoms with van der Waals surface area (Å²) in [6.45, 7) is 20.8.